The van der Waals surface area contributed by atoms with Crippen LogP contribution in [0.3, 0.4) is 0 Å². The van der Waals surface area contributed by atoms with Gasteiger partial charge in [-0.1, -0.05) is 6.92 Å². The molecule has 0 rings (SSSR count). The number of carbonyl (C=O) groups is 1. The normalized spacial score (nSPS) is 13.0. The molecule has 0 aliphatic heterocycles. The predicted octanol–water partition coefficient (Wildman–Crippen LogP) is 1.72. The van der Waals surface area contributed by atoms with Crippen LogP contribution in [0.4, 0.5) is 0 Å². The third-order valence-corrected chi connectivity index (χ3v) is 1.86. The van der Waals surface area contributed by atoms with E-state index in [0.717, 1.165) is 6.42 Å². The molecule has 0 bridgehead atoms. The zero-order valence-electron chi connectivity index (χ0n) is 10.1. The van der Waals surface area contributed by atoms with Crippen LogP contribution in [0.15, 0.2) is 0 Å². The lowest BCUT2D eigenvalue weighted by atomic mass is 10.1. The van der Waals surface area contributed by atoms with Gasteiger partial charge in [0.2, 0.25) is 5.91 Å². The van der Waals surface area contributed by atoms with E-state index in [1.165, 1.54) is 0 Å². The fraction of sp³-hybridized carbons (Fsp3) is 0.750. The van der Waals surface area contributed by atoms with Gasteiger partial charge in [0, 0.05) is 12.5 Å². The highest BCUT2D eigenvalue weighted by Gasteiger charge is 2.14. The molecule has 0 saturated heterocycles. The van der Waals surface area contributed by atoms with Crippen LogP contribution < -0.4 is 5.32 Å². The Morgan fingerprint density at radius 1 is 1.53 bits per heavy atom. The van der Waals surface area contributed by atoms with Crippen molar-refractivity contribution in [1.29, 1.82) is 0 Å². The summed E-state index contributed by atoms with van der Waals surface area (Å²) in [4.78, 5) is 11.4. The van der Waals surface area contributed by atoms with E-state index in [-0.39, 0.29) is 24.2 Å². The van der Waals surface area contributed by atoms with E-state index in [4.69, 9.17) is 11.2 Å². The number of rotatable bonds is 5. The first kappa shape index (κ1) is 14.0. The quantitative estimate of drug-likeness (QED) is 0.703. The molecule has 0 heterocycles. The summed E-state index contributed by atoms with van der Waals surface area (Å²) in [5.41, 5.74) is -0.287. The molecule has 0 spiro atoms. The first-order valence-electron chi connectivity index (χ1n) is 5.25. The van der Waals surface area contributed by atoms with Crippen LogP contribution in [0.2, 0.25) is 0 Å². The summed E-state index contributed by atoms with van der Waals surface area (Å²) in [5.74, 6) is 2.44. The zero-order valence-corrected chi connectivity index (χ0v) is 10.1. The van der Waals surface area contributed by atoms with E-state index < -0.39 is 0 Å². The fourth-order valence-electron chi connectivity index (χ4n) is 0.991. The molecular weight excluding hydrogens is 190 g/mol. The van der Waals surface area contributed by atoms with E-state index in [1.54, 1.807) is 0 Å². The first-order chi connectivity index (χ1) is 6.89. The zero-order chi connectivity index (χ0) is 11.9. The maximum absolute atomic E-state index is 11.4. The number of hydrogen-bond donors (Lipinski definition) is 1. The number of amides is 1. The van der Waals surface area contributed by atoms with Crippen molar-refractivity contribution in [2.45, 2.75) is 52.2 Å². The summed E-state index contributed by atoms with van der Waals surface area (Å²) in [5, 5.41) is 2.83. The standard InChI is InChI=1S/C12H21NO2/c1-6-8-10(7-2)13-11(14)9-15-12(3,4)5/h1,10H,7-9H2,2-5H3,(H,13,14). The van der Waals surface area contributed by atoms with Crippen molar-refractivity contribution in [2.75, 3.05) is 6.61 Å². The average Bonchev–Trinajstić information content (AvgIpc) is 2.13. The van der Waals surface area contributed by atoms with Crippen LogP contribution in [-0.4, -0.2) is 24.2 Å². The van der Waals surface area contributed by atoms with Crippen molar-refractivity contribution in [3.05, 3.63) is 0 Å². The maximum atomic E-state index is 11.4. The van der Waals surface area contributed by atoms with Gasteiger partial charge < -0.3 is 10.1 Å². The molecule has 0 aliphatic rings. The van der Waals surface area contributed by atoms with Crippen LogP contribution in [-0.2, 0) is 9.53 Å². The summed E-state index contributed by atoms with van der Waals surface area (Å²) in [7, 11) is 0. The van der Waals surface area contributed by atoms with Gasteiger partial charge in [0.05, 0.1) is 5.60 Å². The van der Waals surface area contributed by atoms with Gasteiger partial charge in [0.1, 0.15) is 6.61 Å². The molecular formula is C12H21NO2. The number of carbonyl (C=O) groups excluding carboxylic acids is 1. The Labute approximate surface area is 92.6 Å². The minimum Gasteiger partial charge on any atom is -0.366 e. The molecule has 86 valence electrons. The lowest BCUT2D eigenvalue weighted by Crippen LogP contribution is -2.38. The third kappa shape index (κ3) is 8.02. The topological polar surface area (TPSA) is 38.3 Å². The average molecular weight is 211 g/mol. The molecule has 0 saturated carbocycles. The molecule has 0 radical (unpaired) electrons. The molecule has 15 heavy (non-hydrogen) atoms. The Morgan fingerprint density at radius 2 is 2.13 bits per heavy atom. The molecule has 0 fully saturated rings. The highest BCUT2D eigenvalue weighted by atomic mass is 16.5. The molecule has 0 aromatic rings. The molecule has 3 nitrogen and oxygen atoms in total. The molecule has 1 unspecified atom stereocenters. The molecule has 1 atom stereocenters. The van der Waals surface area contributed by atoms with Gasteiger partial charge in [-0.3, -0.25) is 4.79 Å². The van der Waals surface area contributed by atoms with E-state index in [2.05, 4.69) is 11.2 Å². The fourth-order valence-corrected chi connectivity index (χ4v) is 0.991. The second-order valence-corrected chi connectivity index (χ2v) is 4.48. The van der Waals surface area contributed by atoms with Crippen molar-refractivity contribution >= 4 is 5.91 Å². The number of hydrogen-bond acceptors (Lipinski definition) is 2. The summed E-state index contributed by atoms with van der Waals surface area (Å²) in [6.45, 7) is 7.83. The molecule has 1 amide bonds. The van der Waals surface area contributed by atoms with Gasteiger partial charge >= 0.3 is 0 Å². The monoisotopic (exact) mass is 211 g/mol. The smallest absolute Gasteiger partial charge is 0.246 e. The summed E-state index contributed by atoms with van der Waals surface area (Å²) in [6, 6.07) is 0.0612. The Kier molecular flexibility index (Phi) is 6.03. The second-order valence-electron chi connectivity index (χ2n) is 4.48. The SMILES string of the molecule is C#CCC(CC)NC(=O)COC(C)(C)C. The van der Waals surface area contributed by atoms with Crippen LogP contribution >= 0.6 is 0 Å². The van der Waals surface area contributed by atoms with Crippen LogP contribution in [0.25, 0.3) is 0 Å². The van der Waals surface area contributed by atoms with Crippen molar-refractivity contribution in [3.63, 3.8) is 0 Å². The Balaban J connectivity index is 3.87. The third-order valence-electron chi connectivity index (χ3n) is 1.86. The van der Waals surface area contributed by atoms with Crippen molar-refractivity contribution in [1.82, 2.24) is 5.32 Å². The molecule has 0 aliphatic carbocycles. The molecule has 3 heteroatoms. The Morgan fingerprint density at radius 3 is 2.53 bits per heavy atom. The van der Waals surface area contributed by atoms with Gasteiger partial charge in [-0.15, -0.1) is 12.3 Å². The minimum absolute atomic E-state index is 0.0612. The van der Waals surface area contributed by atoms with E-state index in [1.807, 2.05) is 27.7 Å². The summed E-state index contributed by atoms with van der Waals surface area (Å²) >= 11 is 0. The highest BCUT2D eigenvalue weighted by molar-refractivity contribution is 5.77. The molecule has 0 aromatic heterocycles. The number of nitrogens with one attached hydrogen (secondary N) is 1. The van der Waals surface area contributed by atoms with Crippen molar-refractivity contribution in [3.8, 4) is 12.3 Å². The van der Waals surface area contributed by atoms with E-state index in [0.29, 0.717) is 6.42 Å². The van der Waals surface area contributed by atoms with Gasteiger partial charge in [-0.2, -0.15) is 0 Å². The van der Waals surface area contributed by atoms with E-state index in [9.17, 15) is 4.79 Å². The summed E-state index contributed by atoms with van der Waals surface area (Å²) < 4.78 is 5.35. The van der Waals surface area contributed by atoms with Gasteiger partial charge in [-0.05, 0) is 27.2 Å². The second kappa shape index (κ2) is 6.47. The van der Waals surface area contributed by atoms with Gasteiger partial charge in [0.15, 0.2) is 0 Å². The van der Waals surface area contributed by atoms with E-state index >= 15 is 0 Å². The predicted molar refractivity (Wildman–Crippen MR) is 61.4 cm³/mol. The Hall–Kier alpha value is -1.01. The van der Waals surface area contributed by atoms with Gasteiger partial charge in [-0.25, -0.2) is 0 Å². The van der Waals surface area contributed by atoms with Crippen molar-refractivity contribution < 1.29 is 9.53 Å². The molecule has 0 aromatic carbocycles. The largest absolute Gasteiger partial charge is 0.366 e. The van der Waals surface area contributed by atoms with Crippen molar-refractivity contribution in [2.24, 2.45) is 0 Å². The lowest BCUT2D eigenvalue weighted by Gasteiger charge is -2.20. The number of terminal acetylenes is 1. The summed E-state index contributed by atoms with van der Waals surface area (Å²) in [6.07, 6.45) is 6.60. The Bertz CT molecular complexity index is 235. The maximum Gasteiger partial charge on any atom is 0.246 e. The number of ether oxygens (including phenoxy) is 1. The minimum atomic E-state index is -0.287. The van der Waals surface area contributed by atoms with Crippen LogP contribution in [0, 0.1) is 12.3 Å². The van der Waals surface area contributed by atoms with Crippen LogP contribution in [0.5, 0.6) is 0 Å². The highest BCUT2D eigenvalue weighted by Crippen LogP contribution is 2.06. The lowest BCUT2D eigenvalue weighted by molar-refractivity contribution is -0.131. The first-order valence-corrected chi connectivity index (χ1v) is 5.25. The van der Waals surface area contributed by atoms with Gasteiger partial charge in [0.25, 0.3) is 0 Å². The van der Waals surface area contributed by atoms with Crippen LogP contribution in [0.1, 0.15) is 40.5 Å². The molecule has 1 N–H and O–H groups in total.